The second kappa shape index (κ2) is 5.92. The van der Waals surface area contributed by atoms with Crippen LogP contribution < -0.4 is 4.90 Å². The number of carboxylic acids is 1. The minimum atomic E-state index is -0.981. The van der Waals surface area contributed by atoms with E-state index in [1.165, 1.54) is 0 Å². The van der Waals surface area contributed by atoms with Crippen LogP contribution in [0.4, 0.5) is 5.82 Å². The van der Waals surface area contributed by atoms with Gasteiger partial charge in [-0.3, -0.25) is 0 Å². The topological polar surface area (TPSA) is 53.4 Å². The monoisotopic (exact) mass is 290 g/mol. The van der Waals surface area contributed by atoms with Gasteiger partial charge in [-0.1, -0.05) is 23.7 Å². The Balaban J connectivity index is 2.31. The fourth-order valence-corrected chi connectivity index (χ4v) is 2.20. The Kier molecular flexibility index (Phi) is 4.25. The lowest BCUT2D eigenvalue weighted by Gasteiger charge is -2.20. The quantitative estimate of drug-likeness (QED) is 0.938. The van der Waals surface area contributed by atoms with Gasteiger partial charge in [-0.2, -0.15) is 0 Å². The molecule has 0 radical (unpaired) electrons. The largest absolute Gasteiger partial charge is 0.478 e. The number of aromatic carboxylic acids is 1. The molecule has 1 N–H and O–H groups in total. The summed E-state index contributed by atoms with van der Waals surface area (Å²) in [6, 6.07) is 10.7. The summed E-state index contributed by atoms with van der Waals surface area (Å²) in [6.07, 6.45) is 0. The summed E-state index contributed by atoms with van der Waals surface area (Å²) in [5, 5.41) is 9.89. The zero-order valence-corrected chi connectivity index (χ0v) is 12.1. The van der Waals surface area contributed by atoms with Crippen molar-refractivity contribution in [1.82, 2.24) is 4.98 Å². The number of anilines is 1. The predicted octanol–water partition coefficient (Wildman–Crippen LogP) is 3.38. The molecule has 1 aromatic carbocycles. The van der Waals surface area contributed by atoms with E-state index in [9.17, 15) is 9.90 Å². The summed E-state index contributed by atoms with van der Waals surface area (Å²) in [5.74, 6) is -0.525. The van der Waals surface area contributed by atoms with E-state index in [2.05, 4.69) is 4.98 Å². The lowest BCUT2D eigenvalue weighted by Crippen LogP contribution is -2.21. The summed E-state index contributed by atoms with van der Waals surface area (Å²) >= 11 is 5.95. The third-order valence-corrected chi connectivity index (χ3v) is 3.15. The number of carbonyl (C=O) groups is 1. The number of hydrogen-bond acceptors (Lipinski definition) is 3. The van der Waals surface area contributed by atoms with Crippen LogP contribution in [0.5, 0.6) is 0 Å². The molecule has 0 saturated carbocycles. The number of benzene rings is 1. The van der Waals surface area contributed by atoms with Crippen molar-refractivity contribution in [3.8, 4) is 0 Å². The Bertz CT molecular complexity index is 644. The van der Waals surface area contributed by atoms with E-state index in [-0.39, 0.29) is 5.56 Å². The minimum absolute atomic E-state index is 0.195. The van der Waals surface area contributed by atoms with Gasteiger partial charge >= 0.3 is 5.97 Å². The van der Waals surface area contributed by atoms with Crippen LogP contribution in [-0.4, -0.2) is 23.1 Å². The molecule has 0 saturated heterocycles. The molecule has 0 aliphatic carbocycles. The van der Waals surface area contributed by atoms with Crippen molar-refractivity contribution in [3.05, 3.63) is 58.2 Å². The number of halogens is 1. The first kappa shape index (κ1) is 14.3. The van der Waals surface area contributed by atoms with Crippen LogP contribution in [0.25, 0.3) is 0 Å². The molecule has 4 nitrogen and oxygen atoms in total. The van der Waals surface area contributed by atoms with Gasteiger partial charge in [-0.25, -0.2) is 9.78 Å². The summed E-state index contributed by atoms with van der Waals surface area (Å²) in [6.45, 7) is 2.37. The molecular formula is C15H15ClN2O2. The smallest absolute Gasteiger partial charge is 0.339 e. The van der Waals surface area contributed by atoms with Crippen LogP contribution in [0.2, 0.25) is 5.02 Å². The molecule has 0 atom stereocenters. The van der Waals surface area contributed by atoms with E-state index in [0.717, 1.165) is 11.3 Å². The maximum Gasteiger partial charge on any atom is 0.339 e. The Morgan fingerprint density at radius 3 is 2.75 bits per heavy atom. The summed E-state index contributed by atoms with van der Waals surface area (Å²) in [4.78, 5) is 17.4. The highest BCUT2D eigenvalue weighted by molar-refractivity contribution is 6.30. The number of carboxylic acid groups (broad SMARTS) is 1. The average Bonchev–Trinajstić information content (AvgIpc) is 2.38. The maximum absolute atomic E-state index is 11.3. The number of rotatable bonds is 4. The Morgan fingerprint density at radius 2 is 2.10 bits per heavy atom. The van der Waals surface area contributed by atoms with Crippen molar-refractivity contribution in [2.24, 2.45) is 0 Å². The second-order valence-corrected chi connectivity index (χ2v) is 5.05. The Labute approximate surface area is 122 Å². The zero-order valence-electron chi connectivity index (χ0n) is 11.3. The molecule has 2 rings (SSSR count). The molecule has 0 spiro atoms. The van der Waals surface area contributed by atoms with Crippen LogP contribution in [0.15, 0.2) is 36.4 Å². The number of hydrogen-bond donors (Lipinski definition) is 1. The van der Waals surface area contributed by atoms with Gasteiger partial charge in [0.2, 0.25) is 0 Å². The molecule has 0 amide bonds. The number of pyridine rings is 1. The standard InChI is InChI=1S/C15H15ClN2O2/c1-10-6-7-13(15(19)20)14(17-10)18(2)9-11-4-3-5-12(16)8-11/h3-8H,9H2,1-2H3,(H,19,20). The van der Waals surface area contributed by atoms with Crippen molar-refractivity contribution >= 4 is 23.4 Å². The highest BCUT2D eigenvalue weighted by Gasteiger charge is 2.15. The second-order valence-electron chi connectivity index (χ2n) is 4.61. The fraction of sp³-hybridized carbons (Fsp3) is 0.200. The molecule has 0 bridgehead atoms. The van der Waals surface area contributed by atoms with Crippen LogP contribution in [0.1, 0.15) is 21.6 Å². The minimum Gasteiger partial charge on any atom is -0.478 e. The van der Waals surface area contributed by atoms with Crippen LogP contribution in [-0.2, 0) is 6.54 Å². The third-order valence-electron chi connectivity index (χ3n) is 2.92. The van der Waals surface area contributed by atoms with E-state index < -0.39 is 5.97 Å². The van der Waals surface area contributed by atoms with Crippen molar-refractivity contribution in [2.75, 3.05) is 11.9 Å². The van der Waals surface area contributed by atoms with Gasteiger partial charge in [-0.05, 0) is 36.8 Å². The third kappa shape index (κ3) is 3.27. The van der Waals surface area contributed by atoms with Gasteiger partial charge in [0.1, 0.15) is 11.4 Å². The van der Waals surface area contributed by atoms with Crippen LogP contribution >= 0.6 is 11.6 Å². The van der Waals surface area contributed by atoms with E-state index in [1.54, 1.807) is 18.2 Å². The molecule has 0 aliphatic rings. The van der Waals surface area contributed by atoms with E-state index in [1.807, 2.05) is 37.1 Å². The van der Waals surface area contributed by atoms with E-state index in [0.29, 0.717) is 17.4 Å². The molecule has 2 aromatic rings. The predicted molar refractivity (Wildman–Crippen MR) is 79.5 cm³/mol. The molecule has 5 heteroatoms. The lowest BCUT2D eigenvalue weighted by atomic mass is 10.2. The Morgan fingerprint density at radius 1 is 1.35 bits per heavy atom. The number of nitrogens with zero attached hydrogens (tertiary/aromatic N) is 2. The van der Waals surface area contributed by atoms with Crippen LogP contribution in [0, 0.1) is 6.92 Å². The molecule has 0 fully saturated rings. The number of aryl methyl sites for hydroxylation is 1. The molecule has 1 heterocycles. The van der Waals surface area contributed by atoms with Crippen molar-refractivity contribution in [3.63, 3.8) is 0 Å². The molecule has 0 aliphatic heterocycles. The van der Waals surface area contributed by atoms with Crippen molar-refractivity contribution < 1.29 is 9.90 Å². The molecule has 1 aromatic heterocycles. The van der Waals surface area contributed by atoms with Gasteiger partial charge in [0, 0.05) is 24.3 Å². The molecular weight excluding hydrogens is 276 g/mol. The molecule has 20 heavy (non-hydrogen) atoms. The average molecular weight is 291 g/mol. The van der Waals surface area contributed by atoms with Gasteiger partial charge in [0.25, 0.3) is 0 Å². The first-order valence-corrected chi connectivity index (χ1v) is 6.51. The van der Waals surface area contributed by atoms with Gasteiger partial charge in [0.15, 0.2) is 0 Å². The van der Waals surface area contributed by atoms with Gasteiger partial charge < -0.3 is 10.0 Å². The van der Waals surface area contributed by atoms with Gasteiger partial charge in [-0.15, -0.1) is 0 Å². The van der Waals surface area contributed by atoms with Gasteiger partial charge in [0.05, 0.1) is 0 Å². The molecule has 104 valence electrons. The highest BCUT2D eigenvalue weighted by atomic mass is 35.5. The first-order valence-electron chi connectivity index (χ1n) is 6.14. The van der Waals surface area contributed by atoms with E-state index in [4.69, 9.17) is 11.6 Å². The Hall–Kier alpha value is -2.07. The summed E-state index contributed by atoms with van der Waals surface area (Å²) in [7, 11) is 1.81. The number of aromatic nitrogens is 1. The van der Waals surface area contributed by atoms with Crippen LogP contribution in [0.3, 0.4) is 0 Å². The van der Waals surface area contributed by atoms with Crippen molar-refractivity contribution in [1.29, 1.82) is 0 Å². The summed E-state index contributed by atoms with van der Waals surface area (Å²) in [5.41, 5.74) is 1.97. The summed E-state index contributed by atoms with van der Waals surface area (Å²) < 4.78 is 0. The maximum atomic E-state index is 11.3. The SMILES string of the molecule is Cc1ccc(C(=O)O)c(N(C)Cc2cccc(Cl)c2)n1. The normalized spacial score (nSPS) is 10.3. The first-order chi connectivity index (χ1) is 9.47. The zero-order chi connectivity index (χ0) is 14.7. The molecule has 0 unspecified atom stereocenters. The van der Waals surface area contributed by atoms with Crippen molar-refractivity contribution in [2.45, 2.75) is 13.5 Å². The fourth-order valence-electron chi connectivity index (χ4n) is 1.98. The lowest BCUT2D eigenvalue weighted by molar-refractivity contribution is 0.0697. The highest BCUT2D eigenvalue weighted by Crippen LogP contribution is 2.20. The van der Waals surface area contributed by atoms with E-state index >= 15 is 0 Å².